The Morgan fingerprint density at radius 1 is 1.13 bits per heavy atom. The van der Waals surface area contributed by atoms with Gasteiger partial charge in [0.05, 0.1) is 10.2 Å². The average molecular weight is 435 g/mol. The van der Waals surface area contributed by atoms with Crippen molar-refractivity contribution in [2.75, 3.05) is 13.1 Å². The molecule has 1 amide bonds. The summed E-state index contributed by atoms with van der Waals surface area (Å²) in [5.74, 6) is 1.38. The van der Waals surface area contributed by atoms with Crippen LogP contribution >= 0.6 is 11.3 Å². The molecule has 0 spiro atoms. The summed E-state index contributed by atoms with van der Waals surface area (Å²) in [6, 6.07) is 14.5. The summed E-state index contributed by atoms with van der Waals surface area (Å²) < 4.78 is 4.36. The third-order valence-electron chi connectivity index (χ3n) is 6.31. The number of thiophene rings is 1. The fourth-order valence-corrected chi connectivity index (χ4v) is 5.42. The van der Waals surface area contributed by atoms with Crippen LogP contribution < -0.4 is 5.56 Å². The van der Waals surface area contributed by atoms with Crippen molar-refractivity contribution >= 4 is 33.0 Å². The van der Waals surface area contributed by atoms with Gasteiger partial charge in [-0.05, 0) is 48.3 Å². The summed E-state index contributed by atoms with van der Waals surface area (Å²) in [6.07, 6.45) is 3.75. The predicted octanol–water partition coefficient (Wildman–Crippen LogP) is 3.75. The third-order valence-corrected chi connectivity index (χ3v) is 7.16. The van der Waals surface area contributed by atoms with E-state index in [9.17, 15) is 9.59 Å². The number of benzene rings is 1. The summed E-state index contributed by atoms with van der Waals surface area (Å²) in [4.78, 5) is 27.9. The molecule has 0 radical (unpaired) electrons. The van der Waals surface area contributed by atoms with Gasteiger partial charge in [0.2, 0.25) is 5.91 Å². The number of fused-ring (bicyclic) bond motifs is 3. The lowest BCUT2D eigenvalue weighted by Gasteiger charge is -2.32. The van der Waals surface area contributed by atoms with E-state index >= 15 is 0 Å². The summed E-state index contributed by atoms with van der Waals surface area (Å²) in [7, 11) is 0. The molecule has 160 valence electrons. The molecule has 0 N–H and O–H groups in total. The van der Waals surface area contributed by atoms with Crippen molar-refractivity contribution in [2.24, 2.45) is 5.92 Å². The fraction of sp³-hybridized carbons (Fsp3) is 0.375. The van der Waals surface area contributed by atoms with Crippen molar-refractivity contribution < 1.29 is 4.79 Å². The van der Waals surface area contributed by atoms with Crippen LogP contribution in [-0.2, 0) is 24.2 Å². The Morgan fingerprint density at radius 3 is 2.65 bits per heavy atom. The molecule has 5 rings (SSSR count). The number of piperidine rings is 1. The van der Waals surface area contributed by atoms with Crippen molar-refractivity contribution in [1.29, 1.82) is 0 Å². The van der Waals surface area contributed by atoms with E-state index in [-0.39, 0.29) is 18.0 Å². The Bertz CT molecular complexity index is 1280. The molecule has 0 saturated carbocycles. The minimum atomic E-state index is -0.201. The highest BCUT2D eigenvalue weighted by molar-refractivity contribution is 7.17. The van der Waals surface area contributed by atoms with Crippen LogP contribution in [0.1, 0.15) is 31.2 Å². The van der Waals surface area contributed by atoms with Gasteiger partial charge < -0.3 is 4.90 Å². The molecule has 1 aliphatic heterocycles. The first-order valence-corrected chi connectivity index (χ1v) is 11.8. The molecule has 1 aliphatic rings. The molecule has 4 aromatic rings. The Balaban J connectivity index is 1.30. The third kappa shape index (κ3) is 3.78. The number of carbonyl (C=O) groups is 1. The number of aryl methyl sites for hydroxylation is 1. The molecule has 1 saturated heterocycles. The molecular formula is C24H26N4O2S. The number of carbonyl (C=O) groups excluding carboxylic acids is 1. The van der Waals surface area contributed by atoms with E-state index in [2.05, 4.69) is 29.4 Å². The van der Waals surface area contributed by atoms with E-state index in [0.717, 1.165) is 48.4 Å². The van der Waals surface area contributed by atoms with E-state index in [1.165, 1.54) is 10.2 Å². The molecule has 1 aromatic carbocycles. The maximum absolute atomic E-state index is 13.1. The molecule has 6 nitrogen and oxygen atoms in total. The standard InChI is InChI=1S/C24H26N4O2S/c1-2-22-25-27(24(30)20-15-21-19(28(20)22)10-13-31-21)16-23(29)26-11-8-18(9-12-26)14-17-6-4-3-5-7-17/h3-7,10,13,15,18H,2,8-9,11-12,14,16H2,1H3. The van der Waals surface area contributed by atoms with Crippen LogP contribution in [0.4, 0.5) is 0 Å². The van der Waals surface area contributed by atoms with Gasteiger partial charge in [-0.1, -0.05) is 37.3 Å². The second-order valence-corrected chi connectivity index (χ2v) is 9.23. The lowest BCUT2D eigenvalue weighted by molar-refractivity contribution is -0.133. The minimum absolute atomic E-state index is 0.00448. The Labute approximate surface area is 184 Å². The molecule has 0 atom stereocenters. The van der Waals surface area contributed by atoms with Crippen LogP contribution in [-0.4, -0.2) is 38.1 Å². The van der Waals surface area contributed by atoms with Crippen molar-refractivity contribution in [1.82, 2.24) is 19.1 Å². The van der Waals surface area contributed by atoms with Crippen LogP contribution in [0, 0.1) is 5.92 Å². The van der Waals surface area contributed by atoms with Crippen LogP contribution in [0.2, 0.25) is 0 Å². The highest BCUT2D eigenvalue weighted by Gasteiger charge is 2.24. The van der Waals surface area contributed by atoms with Crippen molar-refractivity contribution in [3.63, 3.8) is 0 Å². The molecule has 1 fully saturated rings. The molecule has 0 unspecified atom stereocenters. The van der Waals surface area contributed by atoms with Gasteiger partial charge in [0, 0.05) is 19.5 Å². The topological polar surface area (TPSA) is 59.6 Å². The van der Waals surface area contributed by atoms with Gasteiger partial charge in [-0.3, -0.25) is 14.0 Å². The van der Waals surface area contributed by atoms with Gasteiger partial charge in [-0.15, -0.1) is 11.3 Å². The Morgan fingerprint density at radius 2 is 1.90 bits per heavy atom. The van der Waals surface area contributed by atoms with Gasteiger partial charge >= 0.3 is 0 Å². The van der Waals surface area contributed by atoms with Crippen molar-refractivity contribution in [3.05, 3.63) is 69.6 Å². The lowest BCUT2D eigenvalue weighted by Crippen LogP contribution is -2.42. The van der Waals surface area contributed by atoms with Crippen LogP contribution in [0.3, 0.4) is 0 Å². The molecule has 7 heteroatoms. The number of rotatable bonds is 5. The van der Waals surface area contributed by atoms with Gasteiger partial charge in [0.25, 0.3) is 5.56 Å². The van der Waals surface area contributed by atoms with Crippen LogP contribution in [0.15, 0.2) is 52.6 Å². The molecule has 4 heterocycles. The van der Waals surface area contributed by atoms with Gasteiger partial charge in [0.15, 0.2) is 0 Å². The number of aromatic nitrogens is 3. The van der Waals surface area contributed by atoms with Crippen molar-refractivity contribution in [3.8, 4) is 0 Å². The summed E-state index contributed by atoms with van der Waals surface area (Å²) in [5.41, 5.74) is 2.77. The highest BCUT2D eigenvalue weighted by atomic mass is 32.1. The Hall–Kier alpha value is -2.93. The van der Waals surface area contributed by atoms with Gasteiger partial charge in [0.1, 0.15) is 17.9 Å². The monoisotopic (exact) mass is 434 g/mol. The van der Waals surface area contributed by atoms with Crippen LogP contribution in [0.25, 0.3) is 15.7 Å². The minimum Gasteiger partial charge on any atom is -0.341 e. The summed E-state index contributed by atoms with van der Waals surface area (Å²) >= 11 is 1.61. The second kappa shape index (κ2) is 8.30. The molecule has 0 aliphatic carbocycles. The van der Waals surface area contributed by atoms with Crippen LogP contribution in [0.5, 0.6) is 0 Å². The first-order chi connectivity index (χ1) is 15.1. The van der Waals surface area contributed by atoms with Crippen molar-refractivity contribution in [2.45, 2.75) is 39.2 Å². The maximum atomic E-state index is 13.1. The SMILES string of the molecule is CCc1nn(CC(=O)N2CCC(Cc3ccccc3)CC2)c(=O)c2cc3sccc3n12. The number of hydrogen-bond donors (Lipinski definition) is 0. The average Bonchev–Trinajstić information content (AvgIpc) is 3.39. The van der Waals surface area contributed by atoms with Gasteiger partial charge in [-0.25, -0.2) is 4.68 Å². The molecule has 31 heavy (non-hydrogen) atoms. The molecular weight excluding hydrogens is 408 g/mol. The number of amides is 1. The zero-order chi connectivity index (χ0) is 21.4. The maximum Gasteiger partial charge on any atom is 0.291 e. The zero-order valence-corrected chi connectivity index (χ0v) is 18.5. The van der Waals surface area contributed by atoms with E-state index < -0.39 is 0 Å². The first-order valence-electron chi connectivity index (χ1n) is 10.9. The fourth-order valence-electron chi connectivity index (χ4n) is 4.62. The summed E-state index contributed by atoms with van der Waals surface area (Å²) in [5, 5.41) is 6.57. The smallest absolute Gasteiger partial charge is 0.291 e. The molecule has 0 bridgehead atoms. The second-order valence-electron chi connectivity index (χ2n) is 8.28. The zero-order valence-electron chi connectivity index (χ0n) is 17.7. The first kappa shape index (κ1) is 20.0. The highest BCUT2D eigenvalue weighted by Crippen LogP contribution is 2.25. The number of nitrogens with zero attached hydrogens (tertiary/aromatic N) is 4. The van der Waals surface area contributed by atoms with Gasteiger partial charge in [-0.2, -0.15) is 5.10 Å². The number of hydrogen-bond acceptors (Lipinski definition) is 4. The molecule has 3 aromatic heterocycles. The van der Waals surface area contributed by atoms with E-state index in [4.69, 9.17) is 0 Å². The normalized spacial score (nSPS) is 15.2. The number of likely N-dealkylation sites (tertiary alicyclic amines) is 1. The lowest BCUT2D eigenvalue weighted by atomic mass is 9.90. The van der Waals surface area contributed by atoms with E-state index in [1.54, 1.807) is 11.3 Å². The quantitative estimate of drug-likeness (QED) is 0.481. The Kier molecular flexibility index (Phi) is 5.36. The summed E-state index contributed by atoms with van der Waals surface area (Å²) in [6.45, 7) is 3.52. The predicted molar refractivity (Wildman–Crippen MR) is 124 cm³/mol. The van der Waals surface area contributed by atoms with E-state index in [0.29, 0.717) is 17.9 Å². The largest absolute Gasteiger partial charge is 0.341 e. The van der Waals surface area contributed by atoms with E-state index in [1.807, 2.05) is 39.8 Å².